The molecule has 0 amide bonds. The minimum Gasteiger partial charge on any atom is -0.459 e. The van der Waals surface area contributed by atoms with E-state index in [0.717, 1.165) is 6.04 Å². The average molecular weight is 697 g/mol. The number of carbonyl (C=O) groups excluding carboxylic acids is 4. The van der Waals surface area contributed by atoms with Gasteiger partial charge in [-0.25, -0.2) is 19.2 Å². The van der Waals surface area contributed by atoms with E-state index in [-0.39, 0.29) is 23.3 Å². The van der Waals surface area contributed by atoms with Crippen LogP contribution in [0.5, 0.6) is 0 Å². The van der Waals surface area contributed by atoms with Crippen LogP contribution in [-0.2, 0) is 28.4 Å². The first kappa shape index (κ1) is 36.2. The molecule has 260 valence electrons. The quantitative estimate of drug-likeness (QED) is 0.0858. The number of hydrogen-bond donors (Lipinski definition) is 0. The third-order valence-corrected chi connectivity index (χ3v) is 9.58. The van der Waals surface area contributed by atoms with E-state index in [1.54, 1.807) is 121 Å². The highest BCUT2D eigenvalue weighted by Gasteiger charge is 2.53. The van der Waals surface area contributed by atoms with Crippen molar-refractivity contribution < 1.29 is 47.6 Å². The Morgan fingerprint density at radius 1 is 0.540 bits per heavy atom. The third-order valence-electron chi connectivity index (χ3n) is 7.87. The van der Waals surface area contributed by atoms with Crippen LogP contribution in [-0.4, -0.2) is 75.9 Å². The van der Waals surface area contributed by atoms with Gasteiger partial charge in [-0.1, -0.05) is 92.4 Å². The molecule has 0 N–H and O–H groups in total. The van der Waals surface area contributed by atoms with Gasteiger partial charge < -0.3 is 28.4 Å². The van der Waals surface area contributed by atoms with Crippen molar-refractivity contribution in [3.63, 3.8) is 0 Å². The van der Waals surface area contributed by atoms with Gasteiger partial charge >= 0.3 is 23.9 Å². The lowest BCUT2D eigenvalue weighted by molar-refractivity contribution is -0.297. The summed E-state index contributed by atoms with van der Waals surface area (Å²) in [6.07, 6.45) is -6.75. The zero-order chi connectivity index (χ0) is 35.5. The van der Waals surface area contributed by atoms with E-state index in [9.17, 15) is 19.2 Å². The van der Waals surface area contributed by atoms with Gasteiger partial charge in [0.25, 0.3) is 0 Å². The van der Waals surface area contributed by atoms with Gasteiger partial charge in [0.1, 0.15) is 12.7 Å². The molecule has 4 aromatic rings. The Morgan fingerprint density at radius 3 is 1.34 bits per heavy atom. The average Bonchev–Trinajstić information content (AvgIpc) is 3.13. The lowest BCUT2D eigenvalue weighted by atomic mass is 9.97. The molecule has 1 aliphatic rings. The van der Waals surface area contributed by atoms with Crippen molar-refractivity contribution in [3.05, 3.63) is 144 Å². The highest BCUT2D eigenvalue weighted by atomic mass is 28.3. The smallest absolute Gasteiger partial charge is 0.338 e. The second-order valence-corrected chi connectivity index (χ2v) is 18.5. The molecule has 0 unspecified atom stereocenters. The summed E-state index contributed by atoms with van der Waals surface area (Å²) in [5, 5.41) is 0. The zero-order valence-corrected chi connectivity index (χ0v) is 29.1. The largest absolute Gasteiger partial charge is 0.459 e. The second kappa shape index (κ2) is 17.0. The minimum absolute atomic E-state index is 0.212. The number of rotatable bonds is 13. The summed E-state index contributed by atoms with van der Waals surface area (Å²) in [5.74, 6) is -2.90. The summed E-state index contributed by atoms with van der Waals surface area (Å²) in [6, 6.07) is 33.9. The summed E-state index contributed by atoms with van der Waals surface area (Å²) in [5.41, 5.74) is 0.958. The van der Waals surface area contributed by atoms with E-state index < -0.39 is 69.3 Å². The predicted octanol–water partition coefficient (Wildman–Crippen LogP) is 6.60. The van der Waals surface area contributed by atoms with Crippen LogP contribution in [0.1, 0.15) is 41.4 Å². The SMILES string of the molecule is C[Si](C)(C)CCO[C@@H]1O[C@H](COC(=O)c2ccccc2)[C@@H](OC(=O)c2ccccc2)[C@H](OC(=O)c2ccccc2)[C@H]1OC(=O)c1ccccc1. The van der Waals surface area contributed by atoms with E-state index in [0.29, 0.717) is 5.56 Å². The number of ether oxygens (including phenoxy) is 6. The second-order valence-electron chi connectivity index (χ2n) is 12.9. The number of esters is 4. The molecule has 0 bridgehead atoms. The molecule has 5 atom stereocenters. The first-order valence-electron chi connectivity index (χ1n) is 16.4. The molecule has 1 saturated heterocycles. The summed E-state index contributed by atoms with van der Waals surface area (Å²) in [4.78, 5) is 53.8. The Bertz CT molecular complexity index is 1710. The van der Waals surface area contributed by atoms with Crippen molar-refractivity contribution in [3.8, 4) is 0 Å². The summed E-state index contributed by atoms with van der Waals surface area (Å²) >= 11 is 0. The van der Waals surface area contributed by atoms with Gasteiger partial charge in [-0.05, 0) is 54.6 Å². The van der Waals surface area contributed by atoms with Crippen molar-refractivity contribution in [1.29, 1.82) is 0 Å². The molecular formula is C39H40O10Si. The molecule has 1 fully saturated rings. The fraction of sp³-hybridized carbons (Fsp3) is 0.282. The van der Waals surface area contributed by atoms with Crippen LogP contribution in [0.25, 0.3) is 0 Å². The Balaban J connectivity index is 1.54. The normalized spacial score (nSPS) is 20.3. The zero-order valence-electron chi connectivity index (χ0n) is 28.1. The van der Waals surface area contributed by atoms with Gasteiger partial charge in [0, 0.05) is 14.7 Å². The highest BCUT2D eigenvalue weighted by Crippen LogP contribution is 2.32. The van der Waals surface area contributed by atoms with Gasteiger partial charge in [0.05, 0.1) is 22.3 Å². The first-order valence-corrected chi connectivity index (χ1v) is 20.1. The van der Waals surface area contributed by atoms with Crippen LogP contribution in [0.2, 0.25) is 25.7 Å². The van der Waals surface area contributed by atoms with E-state index in [1.807, 2.05) is 0 Å². The molecule has 4 aromatic carbocycles. The number of carbonyl (C=O) groups is 4. The molecule has 0 aromatic heterocycles. The molecule has 0 aliphatic carbocycles. The molecular weight excluding hydrogens is 657 g/mol. The Labute approximate surface area is 292 Å². The molecule has 10 nitrogen and oxygen atoms in total. The number of benzene rings is 4. The van der Waals surface area contributed by atoms with Gasteiger partial charge in [-0.3, -0.25) is 0 Å². The van der Waals surface area contributed by atoms with Crippen molar-refractivity contribution >= 4 is 32.0 Å². The monoisotopic (exact) mass is 696 g/mol. The van der Waals surface area contributed by atoms with Crippen LogP contribution >= 0.6 is 0 Å². The fourth-order valence-corrected chi connectivity index (χ4v) is 5.87. The molecule has 1 aliphatic heterocycles. The lowest BCUT2D eigenvalue weighted by Gasteiger charge is -2.44. The maximum atomic E-state index is 13.7. The molecule has 1 heterocycles. The van der Waals surface area contributed by atoms with Gasteiger partial charge in [0.15, 0.2) is 24.6 Å². The molecule has 0 radical (unpaired) electrons. The lowest BCUT2D eigenvalue weighted by Crippen LogP contribution is -2.63. The van der Waals surface area contributed by atoms with E-state index in [2.05, 4.69) is 19.6 Å². The van der Waals surface area contributed by atoms with Crippen LogP contribution in [0, 0.1) is 0 Å². The molecule has 11 heteroatoms. The highest BCUT2D eigenvalue weighted by molar-refractivity contribution is 6.76. The van der Waals surface area contributed by atoms with Crippen LogP contribution in [0.3, 0.4) is 0 Å². The molecule has 5 rings (SSSR count). The van der Waals surface area contributed by atoms with E-state index >= 15 is 0 Å². The summed E-state index contributed by atoms with van der Waals surface area (Å²) in [6.45, 7) is 6.37. The fourth-order valence-electron chi connectivity index (χ4n) is 5.14. The van der Waals surface area contributed by atoms with Crippen molar-refractivity contribution in [2.75, 3.05) is 13.2 Å². The number of hydrogen-bond acceptors (Lipinski definition) is 10. The third kappa shape index (κ3) is 9.97. The first-order chi connectivity index (χ1) is 24.1. The standard InChI is InChI=1S/C39H40O10Si/c1-50(2,3)25-24-44-39-34(49-38(43)30-22-14-7-15-23-30)33(48-37(42)29-20-12-6-13-21-29)32(47-36(41)28-18-10-5-11-19-28)31(46-39)26-45-35(40)27-16-8-4-9-17-27/h4-23,31-34,39H,24-26H2,1-3H3/t31-,32-,33+,34-,39-/m1/s1. The molecule has 50 heavy (non-hydrogen) atoms. The van der Waals surface area contributed by atoms with Gasteiger partial charge in [-0.15, -0.1) is 0 Å². The maximum Gasteiger partial charge on any atom is 0.338 e. The summed E-state index contributed by atoms with van der Waals surface area (Å²) in [7, 11) is -1.61. The van der Waals surface area contributed by atoms with Crippen LogP contribution < -0.4 is 0 Å². The van der Waals surface area contributed by atoms with Crippen molar-refractivity contribution in [2.45, 2.75) is 56.4 Å². The van der Waals surface area contributed by atoms with Gasteiger partial charge in [-0.2, -0.15) is 0 Å². The predicted molar refractivity (Wildman–Crippen MR) is 186 cm³/mol. The topological polar surface area (TPSA) is 124 Å². The molecule has 0 spiro atoms. The van der Waals surface area contributed by atoms with Crippen LogP contribution in [0.4, 0.5) is 0 Å². The Kier molecular flexibility index (Phi) is 12.3. The maximum absolute atomic E-state index is 13.7. The van der Waals surface area contributed by atoms with E-state index in [4.69, 9.17) is 28.4 Å². The summed E-state index contributed by atoms with van der Waals surface area (Å²) < 4.78 is 36.4. The minimum atomic E-state index is -1.61. The van der Waals surface area contributed by atoms with Crippen molar-refractivity contribution in [2.24, 2.45) is 0 Å². The molecule has 0 saturated carbocycles. The van der Waals surface area contributed by atoms with Crippen molar-refractivity contribution in [1.82, 2.24) is 0 Å². The van der Waals surface area contributed by atoms with Crippen LogP contribution in [0.15, 0.2) is 121 Å². The Hall–Kier alpha value is -5.10. The Morgan fingerprint density at radius 2 is 0.920 bits per heavy atom. The van der Waals surface area contributed by atoms with E-state index in [1.165, 1.54) is 0 Å². The van der Waals surface area contributed by atoms with Gasteiger partial charge in [0.2, 0.25) is 0 Å².